The maximum Gasteiger partial charge on any atom is 0.185 e. The van der Waals surface area contributed by atoms with Gasteiger partial charge in [-0.2, -0.15) is 0 Å². The van der Waals surface area contributed by atoms with Gasteiger partial charge in [-0.1, -0.05) is 0 Å². The first-order valence-corrected chi connectivity index (χ1v) is 1.88. The third kappa shape index (κ3) is 2.96. The standard InChI is InChI=1S/C4H8N2O/c1-4(7-2)6-3-5/h3,5H,1-2H3/b5-3?,6-4+. The van der Waals surface area contributed by atoms with E-state index in [2.05, 4.69) is 9.73 Å². The number of methoxy groups -OCH3 is 1. The van der Waals surface area contributed by atoms with Crippen LogP contribution in [0.4, 0.5) is 0 Å². The van der Waals surface area contributed by atoms with Crippen molar-refractivity contribution in [3.63, 3.8) is 0 Å². The molecule has 0 aliphatic heterocycles. The molecule has 0 bridgehead atoms. The van der Waals surface area contributed by atoms with Crippen LogP contribution in [0.2, 0.25) is 0 Å². The molecule has 0 aliphatic carbocycles. The number of hydrogen-bond acceptors (Lipinski definition) is 2. The van der Waals surface area contributed by atoms with Gasteiger partial charge in [0.25, 0.3) is 0 Å². The summed E-state index contributed by atoms with van der Waals surface area (Å²) in [5, 5.41) is 6.44. The molecule has 0 saturated heterocycles. The third-order valence-electron chi connectivity index (χ3n) is 0.542. The van der Waals surface area contributed by atoms with Crippen LogP contribution in [0.5, 0.6) is 0 Å². The van der Waals surface area contributed by atoms with Crippen LogP contribution in [0, 0.1) is 5.41 Å². The molecule has 0 aromatic heterocycles. The maximum absolute atomic E-state index is 6.44. The first-order valence-electron chi connectivity index (χ1n) is 1.88. The Kier molecular flexibility index (Phi) is 2.92. The van der Waals surface area contributed by atoms with Crippen LogP contribution in [-0.4, -0.2) is 19.3 Å². The second-order valence-corrected chi connectivity index (χ2v) is 0.981. The van der Waals surface area contributed by atoms with Gasteiger partial charge in [0, 0.05) is 6.92 Å². The second kappa shape index (κ2) is 3.33. The molecule has 0 fully saturated rings. The fraction of sp³-hybridized carbons (Fsp3) is 0.500. The molecule has 0 radical (unpaired) electrons. The summed E-state index contributed by atoms with van der Waals surface area (Å²) in [4.78, 5) is 3.48. The molecule has 0 spiro atoms. The normalized spacial score (nSPS) is 10.9. The van der Waals surface area contributed by atoms with Crippen molar-refractivity contribution >= 4 is 12.2 Å². The molecule has 0 saturated carbocycles. The average Bonchev–Trinajstić information content (AvgIpc) is 1.68. The first-order chi connectivity index (χ1) is 3.31. The Labute approximate surface area is 42.5 Å². The van der Waals surface area contributed by atoms with Gasteiger partial charge in [-0.05, 0) is 0 Å². The van der Waals surface area contributed by atoms with Gasteiger partial charge in [-0.3, -0.25) is 5.41 Å². The smallest absolute Gasteiger partial charge is 0.185 e. The Balaban J connectivity index is 3.49. The SMILES string of the molecule is CO/C(C)=N/C=N. The summed E-state index contributed by atoms with van der Waals surface area (Å²) in [6.45, 7) is 1.69. The molecule has 3 heteroatoms. The number of hydrogen-bond donors (Lipinski definition) is 1. The van der Waals surface area contributed by atoms with E-state index in [0.29, 0.717) is 5.90 Å². The van der Waals surface area contributed by atoms with Gasteiger partial charge in [0.2, 0.25) is 0 Å². The minimum absolute atomic E-state index is 0.509. The van der Waals surface area contributed by atoms with Gasteiger partial charge >= 0.3 is 0 Å². The second-order valence-electron chi connectivity index (χ2n) is 0.981. The Morgan fingerprint density at radius 3 is 2.57 bits per heavy atom. The zero-order valence-corrected chi connectivity index (χ0v) is 4.43. The van der Waals surface area contributed by atoms with Crippen molar-refractivity contribution in [1.29, 1.82) is 5.41 Å². The van der Waals surface area contributed by atoms with E-state index in [-0.39, 0.29) is 0 Å². The molecule has 0 aliphatic rings. The van der Waals surface area contributed by atoms with Gasteiger partial charge in [0.1, 0.15) is 6.34 Å². The summed E-state index contributed by atoms with van der Waals surface area (Å²) in [6.07, 6.45) is 0.943. The molecular formula is C4H8N2O. The number of rotatable bonds is 1. The fourth-order valence-corrected chi connectivity index (χ4v) is 0.144. The molecule has 40 valence electrons. The maximum atomic E-state index is 6.44. The Morgan fingerprint density at radius 2 is 2.43 bits per heavy atom. The molecule has 0 aromatic rings. The predicted octanol–water partition coefficient (Wildman–Crippen LogP) is 0.658. The van der Waals surface area contributed by atoms with E-state index in [4.69, 9.17) is 5.41 Å². The van der Waals surface area contributed by atoms with E-state index in [1.54, 1.807) is 6.92 Å². The molecule has 3 nitrogen and oxygen atoms in total. The van der Waals surface area contributed by atoms with Crippen LogP contribution in [0.3, 0.4) is 0 Å². The lowest BCUT2D eigenvalue weighted by molar-refractivity contribution is 0.401. The van der Waals surface area contributed by atoms with Crippen LogP contribution in [0.1, 0.15) is 6.92 Å². The molecular weight excluding hydrogens is 92.1 g/mol. The first kappa shape index (κ1) is 6.14. The van der Waals surface area contributed by atoms with Crippen LogP contribution in [0.15, 0.2) is 4.99 Å². The lowest BCUT2D eigenvalue weighted by Gasteiger charge is -1.90. The average molecular weight is 100 g/mol. The quantitative estimate of drug-likeness (QED) is 0.382. The highest BCUT2D eigenvalue weighted by atomic mass is 16.5. The fourth-order valence-electron chi connectivity index (χ4n) is 0.144. The summed E-state index contributed by atoms with van der Waals surface area (Å²) >= 11 is 0. The number of ether oxygens (including phenoxy) is 1. The van der Waals surface area contributed by atoms with Gasteiger partial charge in [0.15, 0.2) is 5.90 Å². The molecule has 0 rings (SSSR count). The number of aliphatic imine (C=N–C) groups is 1. The summed E-state index contributed by atoms with van der Waals surface area (Å²) < 4.78 is 4.59. The van der Waals surface area contributed by atoms with E-state index in [0.717, 1.165) is 6.34 Å². The topological polar surface area (TPSA) is 45.4 Å². The van der Waals surface area contributed by atoms with E-state index in [9.17, 15) is 0 Å². The van der Waals surface area contributed by atoms with Crippen molar-refractivity contribution < 1.29 is 4.74 Å². The largest absolute Gasteiger partial charge is 0.484 e. The number of nitrogens with one attached hydrogen (secondary N) is 1. The van der Waals surface area contributed by atoms with Gasteiger partial charge < -0.3 is 4.74 Å². The van der Waals surface area contributed by atoms with Crippen molar-refractivity contribution in [3.8, 4) is 0 Å². The van der Waals surface area contributed by atoms with Crippen LogP contribution >= 0.6 is 0 Å². The monoisotopic (exact) mass is 100 g/mol. The van der Waals surface area contributed by atoms with Crippen molar-refractivity contribution in [2.75, 3.05) is 7.11 Å². The minimum atomic E-state index is 0.509. The summed E-state index contributed by atoms with van der Waals surface area (Å²) in [5.41, 5.74) is 0. The van der Waals surface area contributed by atoms with Crippen molar-refractivity contribution in [2.24, 2.45) is 4.99 Å². The highest BCUT2D eigenvalue weighted by Crippen LogP contribution is 1.71. The zero-order chi connectivity index (χ0) is 5.70. The lowest BCUT2D eigenvalue weighted by atomic mass is 10.8. The Morgan fingerprint density at radius 1 is 1.86 bits per heavy atom. The third-order valence-corrected chi connectivity index (χ3v) is 0.542. The van der Waals surface area contributed by atoms with Crippen molar-refractivity contribution in [2.45, 2.75) is 6.92 Å². The Bertz CT molecular complexity index is 87.7. The molecule has 0 amide bonds. The summed E-state index contributed by atoms with van der Waals surface area (Å²) in [6, 6.07) is 0. The molecule has 1 N–H and O–H groups in total. The van der Waals surface area contributed by atoms with Crippen LogP contribution < -0.4 is 0 Å². The Hall–Kier alpha value is -0.860. The predicted molar refractivity (Wildman–Crippen MR) is 28.9 cm³/mol. The zero-order valence-electron chi connectivity index (χ0n) is 4.43. The van der Waals surface area contributed by atoms with Crippen LogP contribution in [0.25, 0.3) is 0 Å². The molecule has 0 aromatic carbocycles. The molecule has 7 heavy (non-hydrogen) atoms. The highest BCUT2D eigenvalue weighted by molar-refractivity contribution is 5.80. The van der Waals surface area contributed by atoms with Gasteiger partial charge in [-0.15, -0.1) is 0 Å². The van der Waals surface area contributed by atoms with E-state index >= 15 is 0 Å². The van der Waals surface area contributed by atoms with Gasteiger partial charge in [0.05, 0.1) is 7.11 Å². The molecule has 0 heterocycles. The number of nitrogens with zero attached hydrogens (tertiary/aromatic N) is 1. The minimum Gasteiger partial charge on any atom is -0.484 e. The van der Waals surface area contributed by atoms with E-state index < -0.39 is 0 Å². The summed E-state index contributed by atoms with van der Waals surface area (Å²) in [5.74, 6) is 0.509. The van der Waals surface area contributed by atoms with Crippen molar-refractivity contribution in [3.05, 3.63) is 0 Å². The van der Waals surface area contributed by atoms with Crippen molar-refractivity contribution in [1.82, 2.24) is 0 Å². The van der Waals surface area contributed by atoms with E-state index in [1.165, 1.54) is 7.11 Å². The van der Waals surface area contributed by atoms with Gasteiger partial charge in [-0.25, -0.2) is 4.99 Å². The summed E-state index contributed by atoms with van der Waals surface area (Å²) in [7, 11) is 1.52. The van der Waals surface area contributed by atoms with E-state index in [1.807, 2.05) is 0 Å². The lowest BCUT2D eigenvalue weighted by Crippen LogP contribution is -1.92. The molecule has 0 atom stereocenters. The highest BCUT2D eigenvalue weighted by Gasteiger charge is 1.76. The van der Waals surface area contributed by atoms with Crippen LogP contribution in [-0.2, 0) is 4.74 Å². The molecule has 0 unspecified atom stereocenters.